The first-order chi connectivity index (χ1) is 16.9. The summed E-state index contributed by atoms with van der Waals surface area (Å²) in [6.07, 6.45) is 3.11. The highest BCUT2D eigenvalue weighted by Gasteiger charge is 2.35. The summed E-state index contributed by atoms with van der Waals surface area (Å²) < 4.78 is 1.67. The third-order valence-electron chi connectivity index (χ3n) is 6.35. The van der Waals surface area contributed by atoms with Crippen LogP contribution < -0.4 is 0 Å². The molecular weight excluding hydrogens is 442 g/mol. The molecule has 3 amide bonds. The summed E-state index contributed by atoms with van der Waals surface area (Å²) in [5.74, 6) is -0.785. The Morgan fingerprint density at radius 1 is 0.943 bits per heavy atom. The topological polar surface area (TPSA) is 88.4 Å². The van der Waals surface area contributed by atoms with Gasteiger partial charge in [0.05, 0.1) is 29.4 Å². The van der Waals surface area contributed by atoms with E-state index in [1.807, 2.05) is 37.3 Å². The van der Waals surface area contributed by atoms with Gasteiger partial charge in [0.25, 0.3) is 17.7 Å². The molecule has 2 heterocycles. The molecule has 0 saturated carbocycles. The molecule has 0 saturated heterocycles. The quantitative estimate of drug-likeness (QED) is 0.403. The van der Waals surface area contributed by atoms with Crippen molar-refractivity contribution in [2.24, 2.45) is 0 Å². The Hall–Kier alpha value is -4.59. The van der Waals surface area contributed by atoms with Crippen LogP contribution in [0, 0.1) is 0 Å². The molecule has 0 N–H and O–H groups in total. The van der Waals surface area contributed by atoms with Crippen molar-refractivity contribution in [2.75, 3.05) is 7.05 Å². The molecule has 35 heavy (non-hydrogen) atoms. The van der Waals surface area contributed by atoms with E-state index in [1.165, 1.54) is 11.2 Å². The summed E-state index contributed by atoms with van der Waals surface area (Å²) in [4.78, 5) is 45.5. The van der Waals surface area contributed by atoms with Crippen molar-refractivity contribution in [1.82, 2.24) is 24.6 Å². The predicted octanol–water partition coefficient (Wildman–Crippen LogP) is 3.90. The Morgan fingerprint density at radius 3 is 2.26 bits per heavy atom. The van der Waals surface area contributed by atoms with Gasteiger partial charge in [-0.05, 0) is 54.4 Å². The number of fused-ring (bicyclic) bond motifs is 1. The summed E-state index contributed by atoms with van der Waals surface area (Å²) in [5, 5.41) is 4.13. The zero-order chi connectivity index (χ0) is 24.5. The fourth-order valence-electron chi connectivity index (χ4n) is 4.22. The molecule has 0 fully saturated rings. The summed E-state index contributed by atoms with van der Waals surface area (Å²) in [6, 6.07) is 21.5. The second-order valence-electron chi connectivity index (χ2n) is 8.47. The number of carbonyl (C=O) groups is 3. The molecule has 0 radical (unpaired) electrons. The Bertz CT molecular complexity index is 1380. The normalized spacial score (nSPS) is 13.6. The number of hydrogen-bond acceptors (Lipinski definition) is 5. The average molecular weight is 466 g/mol. The predicted molar refractivity (Wildman–Crippen MR) is 129 cm³/mol. The maximum atomic E-state index is 13.3. The minimum atomic E-state index is -0.317. The molecular formula is C27H23N5O3. The molecule has 1 aliphatic heterocycles. The minimum absolute atomic E-state index is 0.108. The van der Waals surface area contributed by atoms with Gasteiger partial charge in [-0.25, -0.2) is 9.67 Å². The van der Waals surface area contributed by atoms with Crippen LogP contribution in [-0.4, -0.2) is 49.3 Å². The van der Waals surface area contributed by atoms with Gasteiger partial charge in [0.1, 0.15) is 12.7 Å². The number of carbonyl (C=O) groups excluding carboxylic acids is 3. The van der Waals surface area contributed by atoms with E-state index in [9.17, 15) is 14.4 Å². The van der Waals surface area contributed by atoms with Crippen molar-refractivity contribution in [3.63, 3.8) is 0 Å². The van der Waals surface area contributed by atoms with E-state index in [-0.39, 0.29) is 30.3 Å². The number of benzene rings is 3. The number of hydrogen-bond donors (Lipinski definition) is 0. The van der Waals surface area contributed by atoms with Crippen LogP contribution in [0.2, 0.25) is 0 Å². The third kappa shape index (κ3) is 4.10. The molecule has 1 aromatic heterocycles. The smallest absolute Gasteiger partial charge is 0.261 e. The number of amides is 3. The van der Waals surface area contributed by atoms with Crippen molar-refractivity contribution in [2.45, 2.75) is 19.5 Å². The maximum Gasteiger partial charge on any atom is 0.261 e. The monoisotopic (exact) mass is 465 g/mol. The largest absolute Gasteiger partial charge is 0.335 e. The molecule has 1 atom stereocenters. The van der Waals surface area contributed by atoms with Crippen molar-refractivity contribution < 1.29 is 14.4 Å². The molecule has 0 aliphatic carbocycles. The van der Waals surface area contributed by atoms with E-state index in [2.05, 4.69) is 10.1 Å². The minimum Gasteiger partial charge on any atom is -0.335 e. The lowest BCUT2D eigenvalue weighted by molar-refractivity contribution is 0.0642. The third-order valence-corrected chi connectivity index (χ3v) is 6.35. The van der Waals surface area contributed by atoms with Gasteiger partial charge in [0.2, 0.25) is 0 Å². The lowest BCUT2D eigenvalue weighted by Crippen LogP contribution is -2.30. The van der Waals surface area contributed by atoms with Gasteiger partial charge in [-0.1, -0.05) is 36.4 Å². The molecule has 174 valence electrons. The van der Waals surface area contributed by atoms with E-state index in [0.717, 1.165) is 11.3 Å². The van der Waals surface area contributed by atoms with Crippen molar-refractivity contribution in [1.29, 1.82) is 0 Å². The number of rotatable bonds is 6. The Labute approximate surface area is 202 Å². The standard InChI is InChI=1S/C27H23N5O3/c1-18(20-10-12-22(13-11-20)32-17-28-16-29-32)30(2)25(33)21-7-5-6-19(14-21)15-31-26(34)23-8-3-4-9-24(23)27(31)35/h3-14,16-18H,15H2,1-2H3. The molecule has 8 heteroatoms. The highest BCUT2D eigenvalue weighted by Crippen LogP contribution is 2.26. The van der Waals surface area contributed by atoms with Crippen molar-refractivity contribution >= 4 is 17.7 Å². The van der Waals surface area contributed by atoms with Crippen LogP contribution in [0.4, 0.5) is 0 Å². The Morgan fingerprint density at radius 2 is 1.63 bits per heavy atom. The molecule has 0 bridgehead atoms. The van der Waals surface area contributed by atoms with Crippen LogP contribution in [0.15, 0.2) is 85.5 Å². The van der Waals surface area contributed by atoms with E-state index in [0.29, 0.717) is 22.3 Å². The molecule has 3 aromatic carbocycles. The highest BCUT2D eigenvalue weighted by atomic mass is 16.2. The second kappa shape index (κ2) is 8.98. The van der Waals surface area contributed by atoms with Crippen LogP contribution >= 0.6 is 0 Å². The van der Waals surface area contributed by atoms with Gasteiger partial charge >= 0.3 is 0 Å². The van der Waals surface area contributed by atoms with Gasteiger partial charge in [-0.15, -0.1) is 0 Å². The van der Waals surface area contributed by atoms with E-state index in [1.54, 1.807) is 65.4 Å². The van der Waals surface area contributed by atoms with Gasteiger partial charge in [0, 0.05) is 12.6 Å². The van der Waals surface area contributed by atoms with Gasteiger partial charge in [-0.2, -0.15) is 5.10 Å². The van der Waals surface area contributed by atoms with E-state index >= 15 is 0 Å². The van der Waals surface area contributed by atoms with Crippen LogP contribution in [0.3, 0.4) is 0 Å². The Balaban J connectivity index is 1.30. The van der Waals surface area contributed by atoms with Gasteiger partial charge in [0.15, 0.2) is 0 Å². The summed E-state index contributed by atoms with van der Waals surface area (Å²) in [5.41, 5.74) is 3.89. The first-order valence-corrected chi connectivity index (χ1v) is 11.2. The molecule has 1 aliphatic rings. The Kier molecular flexibility index (Phi) is 5.70. The lowest BCUT2D eigenvalue weighted by atomic mass is 10.0. The van der Waals surface area contributed by atoms with E-state index < -0.39 is 0 Å². The first-order valence-electron chi connectivity index (χ1n) is 11.2. The van der Waals surface area contributed by atoms with Crippen LogP contribution in [0.1, 0.15) is 55.2 Å². The molecule has 5 rings (SSSR count). The van der Waals surface area contributed by atoms with Gasteiger partial charge < -0.3 is 4.90 Å². The summed E-state index contributed by atoms with van der Waals surface area (Å²) >= 11 is 0. The zero-order valence-electron chi connectivity index (χ0n) is 19.3. The molecule has 1 unspecified atom stereocenters. The summed E-state index contributed by atoms with van der Waals surface area (Å²) in [6.45, 7) is 2.07. The fourth-order valence-corrected chi connectivity index (χ4v) is 4.22. The number of nitrogens with zero attached hydrogens (tertiary/aromatic N) is 5. The number of aromatic nitrogens is 3. The van der Waals surface area contributed by atoms with Crippen LogP contribution in [-0.2, 0) is 6.54 Å². The fraction of sp³-hybridized carbons (Fsp3) is 0.148. The number of imide groups is 1. The van der Waals surface area contributed by atoms with Crippen molar-refractivity contribution in [3.8, 4) is 5.69 Å². The zero-order valence-corrected chi connectivity index (χ0v) is 19.3. The van der Waals surface area contributed by atoms with Crippen molar-refractivity contribution in [3.05, 3.63) is 113 Å². The SMILES string of the molecule is CC(c1ccc(-n2cncn2)cc1)N(C)C(=O)c1cccc(CN2C(=O)c3ccccc3C2=O)c1. The van der Waals surface area contributed by atoms with Crippen LogP contribution in [0.25, 0.3) is 5.69 Å². The highest BCUT2D eigenvalue weighted by molar-refractivity contribution is 6.21. The molecule has 4 aromatic rings. The molecule has 8 nitrogen and oxygen atoms in total. The van der Waals surface area contributed by atoms with Crippen LogP contribution in [0.5, 0.6) is 0 Å². The maximum absolute atomic E-state index is 13.3. The van der Waals surface area contributed by atoms with E-state index in [4.69, 9.17) is 0 Å². The molecule has 0 spiro atoms. The second-order valence-corrected chi connectivity index (χ2v) is 8.47. The first kappa shape index (κ1) is 22.2. The van der Waals surface area contributed by atoms with Gasteiger partial charge in [-0.3, -0.25) is 19.3 Å². The average Bonchev–Trinajstić information content (AvgIpc) is 3.52. The summed E-state index contributed by atoms with van der Waals surface area (Å²) in [7, 11) is 1.76. The lowest BCUT2D eigenvalue weighted by Gasteiger charge is -2.26.